The molecule has 0 amide bonds. The number of hydrogen-bond donors (Lipinski definition) is 1. The summed E-state index contributed by atoms with van der Waals surface area (Å²) < 4.78 is 0. The number of rotatable bonds is 1. The van der Waals surface area contributed by atoms with Crippen LogP contribution in [0.5, 0.6) is 0 Å². The van der Waals surface area contributed by atoms with E-state index in [0.29, 0.717) is 6.42 Å². The Bertz CT molecular complexity index is 173. The first-order valence-corrected chi connectivity index (χ1v) is 4.36. The highest BCUT2D eigenvalue weighted by molar-refractivity contribution is 5.05. The normalized spacial score (nSPS) is 38.1. The number of aliphatic hydroxyl groups is 1. The van der Waals surface area contributed by atoms with Gasteiger partial charge in [-0.2, -0.15) is 5.26 Å². The molecule has 0 aromatic heterocycles. The summed E-state index contributed by atoms with van der Waals surface area (Å²) in [6, 6.07) is 2.04. The molecular formula is C9H15NO. The van der Waals surface area contributed by atoms with E-state index in [1.165, 1.54) is 6.42 Å². The first kappa shape index (κ1) is 8.55. The predicted molar refractivity (Wildman–Crippen MR) is 42.8 cm³/mol. The quantitative estimate of drug-likeness (QED) is 0.584. The summed E-state index contributed by atoms with van der Waals surface area (Å²) in [5.74, 6) is 0.209. The Morgan fingerprint density at radius 3 is 2.82 bits per heavy atom. The van der Waals surface area contributed by atoms with E-state index in [0.717, 1.165) is 19.3 Å². The molecule has 2 unspecified atom stereocenters. The van der Waals surface area contributed by atoms with Crippen LogP contribution in [0, 0.1) is 17.2 Å². The Morgan fingerprint density at radius 2 is 2.36 bits per heavy atom. The van der Waals surface area contributed by atoms with Crippen molar-refractivity contribution in [3.63, 3.8) is 0 Å². The summed E-state index contributed by atoms with van der Waals surface area (Å²) in [6.45, 7) is 2.04. The summed E-state index contributed by atoms with van der Waals surface area (Å²) in [4.78, 5) is 0. The molecule has 1 rings (SSSR count). The van der Waals surface area contributed by atoms with Crippen LogP contribution in [0.25, 0.3) is 0 Å². The Kier molecular flexibility index (Phi) is 2.51. The van der Waals surface area contributed by atoms with Gasteiger partial charge in [0.05, 0.1) is 6.07 Å². The molecule has 62 valence electrons. The van der Waals surface area contributed by atoms with Crippen molar-refractivity contribution in [2.24, 2.45) is 5.92 Å². The topological polar surface area (TPSA) is 44.0 Å². The lowest BCUT2D eigenvalue weighted by atomic mass is 9.75. The maximum Gasteiger partial charge on any atom is 0.153 e. The van der Waals surface area contributed by atoms with E-state index in [4.69, 9.17) is 5.26 Å². The highest BCUT2D eigenvalue weighted by Crippen LogP contribution is 2.35. The molecule has 0 saturated heterocycles. The molecule has 0 radical (unpaired) electrons. The van der Waals surface area contributed by atoms with Gasteiger partial charge >= 0.3 is 0 Å². The van der Waals surface area contributed by atoms with Gasteiger partial charge in [-0.1, -0.05) is 13.3 Å². The highest BCUT2D eigenvalue weighted by Gasteiger charge is 2.37. The minimum atomic E-state index is -1.01. The van der Waals surface area contributed by atoms with Crippen molar-refractivity contribution in [2.75, 3.05) is 0 Å². The zero-order valence-corrected chi connectivity index (χ0v) is 7.01. The fourth-order valence-corrected chi connectivity index (χ4v) is 1.92. The zero-order chi connectivity index (χ0) is 8.32. The Labute approximate surface area is 67.8 Å². The standard InChI is InChI=1S/C9H15NO/c1-2-8-5-3-4-6-9(8,11)7-10/h8,11H,2-6H2,1H3. The molecule has 1 N–H and O–H groups in total. The second-order valence-electron chi connectivity index (χ2n) is 3.39. The van der Waals surface area contributed by atoms with Gasteiger partial charge in [0.2, 0.25) is 0 Å². The van der Waals surface area contributed by atoms with Crippen molar-refractivity contribution < 1.29 is 5.11 Å². The molecule has 2 nitrogen and oxygen atoms in total. The maximum atomic E-state index is 9.78. The maximum absolute atomic E-state index is 9.78. The summed E-state index contributed by atoms with van der Waals surface area (Å²) in [5, 5.41) is 18.5. The molecule has 1 aliphatic rings. The first-order chi connectivity index (χ1) is 5.23. The molecule has 1 fully saturated rings. The van der Waals surface area contributed by atoms with E-state index in [1.807, 2.05) is 13.0 Å². The van der Waals surface area contributed by atoms with Crippen LogP contribution in [0.2, 0.25) is 0 Å². The van der Waals surface area contributed by atoms with Crippen molar-refractivity contribution >= 4 is 0 Å². The van der Waals surface area contributed by atoms with E-state index in [1.54, 1.807) is 0 Å². The van der Waals surface area contributed by atoms with E-state index in [-0.39, 0.29) is 5.92 Å². The molecule has 1 aliphatic carbocycles. The molecule has 0 bridgehead atoms. The summed E-state index contributed by atoms with van der Waals surface area (Å²) in [6.07, 6.45) is 4.77. The van der Waals surface area contributed by atoms with Crippen molar-refractivity contribution in [3.05, 3.63) is 0 Å². The number of hydrogen-bond acceptors (Lipinski definition) is 2. The smallest absolute Gasteiger partial charge is 0.153 e. The lowest BCUT2D eigenvalue weighted by molar-refractivity contribution is 0.000846. The third-order valence-corrected chi connectivity index (χ3v) is 2.72. The van der Waals surface area contributed by atoms with Gasteiger partial charge in [0.1, 0.15) is 0 Å². The first-order valence-electron chi connectivity index (χ1n) is 4.36. The fraction of sp³-hybridized carbons (Fsp3) is 0.889. The van der Waals surface area contributed by atoms with Gasteiger partial charge in [0.15, 0.2) is 5.60 Å². The fourth-order valence-electron chi connectivity index (χ4n) is 1.92. The third-order valence-electron chi connectivity index (χ3n) is 2.72. The molecule has 0 spiro atoms. The molecule has 0 aromatic rings. The van der Waals surface area contributed by atoms with Gasteiger partial charge in [0, 0.05) is 5.92 Å². The molecule has 2 heteroatoms. The van der Waals surface area contributed by atoms with Crippen LogP contribution >= 0.6 is 0 Å². The highest BCUT2D eigenvalue weighted by atomic mass is 16.3. The minimum Gasteiger partial charge on any atom is -0.375 e. The minimum absolute atomic E-state index is 0.209. The third kappa shape index (κ3) is 1.54. The molecule has 11 heavy (non-hydrogen) atoms. The van der Waals surface area contributed by atoms with Gasteiger partial charge in [-0.15, -0.1) is 0 Å². The average Bonchev–Trinajstić information content (AvgIpc) is 2.05. The van der Waals surface area contributed by atoms with Crippen molar-refractivity contribution in [3.8, 4) is 6.07 Å². The van der Waals surface area contributed by atoms with Gasteiger partial charge in [-0.25, -0.2) is 0 Å². The van der Waals surface area contributed by atoms with E-state index < -0.39 is 5.60 Å². The van der Waals surface area contributed by atoms with E-state index in [2.05, 4.69) is 0 Å². The SMILES string of the molecule is CCC1CCCCC1(O)C#N. The lowest BCUT2D eigenvalue weighted by Gasteiger charge is -2.33. The number of nitriles is 1. The molecular weight excluding hydrogens is 138 g/mol. The summed E-state index contributed by atoms with van der Waals surface area (Å²) in [5.41, 5.74) is -1.01. The zero-order valence-electron chi connectivity index (χ0n) is 7.01. The largest absolute Gasteiger partial charge is 0.375 e. The van der Waals surface area contributed by atoms with Crippen LogP contribution in [-0.4, -0.2) is 10.7 Å². The molecule has 2 atom stereocenters. The average molecular weight is 153 g/mol. The van der Waals surface area contributed by atoms with Crippen LogP contribution in [0.3, 0.4) is 0 Å². The Morgan fingerprint density at radius 1 is 1.64 bits per heavy atom. The van der Waals surface area contributed by atoms with Crippen molar-refractivity contribution in [2.45, 2.75) is 44.6 Å². The molecule has 0 aromatic carbocycles. The van der Waals surface area contributed by atoms with Gasteiger partial charge in [-0.05, 0) is 25.7 Å². The van der Waals surface area contributed by atoms with Gasteiger partial charge in [-0.3, -0.25) is 0 Å². The van der Waals surface area contributed by atoms with Crippen LogP contribution in [0.15, 0.2) is 0 Å². The molecule has 0 heterocycles. The predicted octanol–water partition coefficient (Wildman–Crippen LogP) is 1.84. The second kappa shape index (κ2) is 3.23. The van der Waals surface area contributed by atoms with Crippen LogP contribution in [0.1, 0.15) is 39.0 Å². The van der Waals surface area contributed by atoms with Crippen LogP contribution < -0.4 is 0 Å². The molecule has 0 aliphatic heterocycles. The van der Waals surface area contributed by atoms with Gasteiger partial charge in [0.25, 0.3) is 0 Å². The van der Waals surface area contributed by atoms with E-state index in [9.17, 15) is 5.11 Å². The van der Waals surface area contributed by atoms with Crippen LogP contribution in [-0.2, 0) is 0 Å². The Balaban J connectivity index is 2.67. The molecule has 1 saturated carbocycles. The second-order valence-corrected chi connectivity index (χ2v) is 3.39. The summed E-state index contributed by atoms with van der Waals surface area (Å²) >= 11 is 0. The Hall–Kier alpha value is -0.550. The summed E-state index contributed by atoms with van der Waals surface area (Å²) in [7, 11) is 0. The van der Waals surface area contributed by atoms with E-state index >= 15 is 0 Å². The monoisotopic (exact) mass is 153 g/mol. The van der Waals surface area contributed by atoms with Crippen molar-refractivity contribution in [1.29, 1.82) is 5.26 Å². The van der Waals surface area contributed by atoms with Gasteiger partial charge < -0.3 is 5.11 Å². The lowest BCUT2D eigenvalue weighted by Crippen LogP contribution is -2.38. The van der Waals surface area contributed by atoms with Crippen LogP contribution in [0.4, 0.5) is 0 Å². The van der Waals surface area contributed by atoms with Crippen molar-refractivity contribution in [1.82, 2.24) is 0 Å². The number of nitrogens with zero attached hydrogens (tertiary/aromatic N) is 1.